The van der Waals surface area contributed by atoms with E-state index < -0.39 is 0 Å². The number of rotatable bonds is 9. The van der Waals surface area contributed by atoms with Crippen molar-refractivity contribution in [2.75, 3.05) is 26.2 Å². The van der Waals surface area contributed by atoms with Crippen LogP contribution in [0.1, 0.15) is 63.5 Å². The molecule has 3 rings (SSSR count). The maximum atomic E-state index is 12.4. The second kappa shape index (κ2) is 11.0. The number of hydrogen-bond donors (Lipinski definition) is 2. The Morgan fingerprint density at radius 1 is 1.10 bits per heavy atom. The van der Waals surface area contributed by atoms with Crippen molar-refractivity contribution in [1.29, 1.82) is 0 Å². The van der Waals surface area contributed by atoms with E-state index in [1.807, 2.05) is 36.1 Å². The van der Waals surface area contributed by atoms with Crippen molar-refractivity contribution in [3.05, 3.63) is 29.8 Å². The van der Waals surface area contributed by atoms with Crippen LogP contribution in [0.15, 0.2) is 24.3 Å². The first kappa shape index (κ1) is 22.1. The molecule has 1 aromatic rings. The second-order valence-corrected chi connectivity index (χ2v) is 8.14. The molecule has 2 fully saturated rings. The fourth-order valence-corrected chi connectivity index (χ4v) is 4.24. The Bertz CT molecular complexity index is 740. The summed E-state index contributed by atoms with van der Waals surface area (Å²) >= 11 is 0. The maximum Gasteiger partial charge on any atom is 0.260 e. The lowest BCUT2D eigenvalue weighted by molar-refractivity contribution is -0.132. The summed E-state index contributed by atoms with van der Waals surface area (Å²) in [7, 11) is 0. The van der Waals surface area contributed by atoms with Crippen LogP contribution in [-0.4, -0.2) is 48.9 Å². The van der Waals surface area contributed by atoms with Crippen LogP contribution in [0.3, 0.4) is 0 Å². The lowest BCUT2D eigenvalue weighted by atomic mass is 10.0. The normalized spacial score (nSPS) is 17.6. The van der Waals surface area contributed by atoms with E-state index in [1.54, 1.807) is 0 Å². The van der Waals surface area contributed by atoms with Gasteiger partial charge < -0.3 is 20.3 Å². The van der Waals surface area contributed by atoms with Crippen LogP contribution in [0.5, 0.6) is 5.75 Å². The van der Waals surface area contributed by atoms with Crippen LogP contribution in [0.25, 0.3) is 0 Å². The quantitative estimate of drug-likeness (QED) is 0.649. The van der Waals surface area contributed by atoms with E-state index in [2.05, 4.69) is 10.6 Å². The summed E-state index contributed by atoms with van der Waals surface area (Å²) in [6.45, 7) is 3.55. The molecule has 1 unspecified atom stereocenters. The molecule has 0 aromatic heterocycles. The van der Waals surface area contributed by atoms with Gasteiger partial charge in [-0.1, -0.05) is 38.0 Å². The van der Waals surface area contributed by atoms with Gasteiger partial charge >= 0.3 is 0 Å². The first-order valence-electron chi connectivity index (χ1n) is 11.1. The summed E-state index contributed by atoms with van der Waals surface area (Å²) in [5, 5.41) is 5.74. The number of carbonyl (C=O) groups is 3. The van der Waals surface area contributed by atoms with Crippen molar-refractivity contribution in [2.24, 2.45) is 5.92 Å². The van der Waals surface area contributed by atoms with E-state index in [9.17, 15) is 14.4 Å². The predicted molar refractivity (Wildman–Crippen MR) is 114 cm³/mol. The molecule has 1 atom stereocenters. The zero-order valence-electron chi connectivity index (χ0n) is 17.8. The van der Waals surface area contributed by atoms with E-state index in [1.165, 1.54) is 0 Å². The molecule has 0 bridgehead atoms. The lowest BCUT2D eigenvalue weighted by Crippen LogP contribution is -2.40. The molecule has 0 radical (unpaired) electrons. The zero-order chi connectivity index (χ0) is 21.3. The monoisotopic (exact) mass is 415 g/mol. The van der Waals surface area contributed by atoms with Gasteiger partial charge in [0, 0.05) is 24.6 Å². The van der Waals surface area contributed by atoms with Crippen LogP contribution in [0.4, 0.5) is 0 Å². The first-order valence-corrected chi connectivity index (χ1v) is 11.1. The molecule has 3 amide bonds. The number of amides is 3. The third-order valence-electron chi connectivity index (χ3n) is 6.00. The first-order chi connectivity index (χ1) is 14.6. The molecule has 1 aliphatic carbocycles. The van der Waals surface area contributed by atoms with Crippen molar-refractivity contribution in [3.63, 3.8) is 0 Å². The number of nitrogens with zero attached hydrogens (tertiary/aromatic N) is 1. The second-order valence-electron chi connectivity index (χ2n) is 8.14. The average molecular weight is 416 g/mol. The highest BCUT2D eigenvalue weighted by Crippen LogP contribution is 2.27. The molecular formula is C23H33N3O4. The molecule has 7 heteroatoms. The topological polar surface area (TPSA) is 87.7 Å². The van der Waals surface area contributed by atoms with Gasteiger partial charge in [0.15, 0.2) is 6.61 Å². The fourth-order valence-electron chi connectivity index (χ4n) is 4.24. The Hall–Kier alpha value is -2.57. The van der Waals surface area contributed by atoms with Gasteiger partial charge in [-0.2, -0.15) is 0 Å². The minimum Gasteiger partial charge on any atom is -0.483 e. The van der Waals surface area contributed by atoms with Gasteiger partial charge in [-0.25, -0.2) is 0 Å². The highest BCUT2D eigenvalue weighted by atomic mass is 16.5. The van der Waals surface area contributed by atoms with Gasteiger partial charge in [0.2, 0.25) is 11.8 Å². The number of likely N-dealkylation sites (tertiary alicyclic amines) is 1. The Balaban J connectivity index is 1.54. The third-order valence-corrected chi connectivity index (χ3v) is 6.00. The van der Waals surface area contributed by atoms with Gasteiger partial charge in [0.1, 0.15) is 5.75 Å². The summed E-state index contributed by atoms with van der Waals surface area (Å²) in [5.41, 5.74) is 0.838. The molecule has 1 saturated carbocycles. The molecule has 0 spiro atoms. The Labute approximate surface area is 178 Å². The largest absolute Gasteiger partial charge is 0.483 e. The van der Waals surface area contributed by atoms with Crippen molar-refractivity contribution in [3.8, 4) is 5.75 Å². The summed E-state index contributed by atoms with van der Waals surface area (Å²) < 4.78 is 5.83. The third kappa shape index (κ3) is 5.97. The number of para-hydroxylation sites is 1. The van der Waals surface area contributed by atoms with Crippen molar-refractivity contribution < 1.29 is 19.1 Å². The number of ether oxygens (including phenoxy) is 1. The summed E-state index contributed by atoms with van der Waals surface area (Å²) in [5.74, 6) is 0.388. The van der Waals surface area contributed by atoms with E-state index in [0.717, 1.165) is 57.2 Å². The highest BCUT2D eigenvalue weighted by Gasteiger charge is 2.24. The van der Waals surface area contributed by atoms with Crippen LogP contribution in [-0.2, 0) is 14.4 Å². The number of carbonyl (C=O) groups excluding carboxylic acids is 3. The molecule has 2 aliphatic rings. The van der Waals surface area contributed by atoms with Gasteiger partial charge in [-0.15, -0.1) is 0 Å². The van der Waals surface area contributed by atoms with Gasteiger partial charge in [-0.05, 0) is 38.2 Å². The van der Waals surface area contributed by atoms with E-state index >= 15 is 0 Å². The Kier molecular flexibility index (Phi) is 8.11. The molecular weight excluding hydrogens is 382 g/mol. The number of nitrogens with one attached hydrogen (secondary N) is 2. The van der Waals surface area contributed by atoms with Crippen LogP contribution in [0, 0.1) is 5.92 Å². The lowest BCUT2D eigenvalue weighted by Gasteiger charge is -2.22. The zero-order valence-corrected chi connectivity index (χ0v) is 17.8. The molecule has 1 saturated heterocycles. The molecule has 30 heavy (non-hydrogen) atoms. The summed E-state index contributed by atoms with van der Waals surface area (Å²) in [6, 6.07) is 7.22. The number of benzene rings is 1. The fraction of sp³-hybridized carbons (Fsp3) is 0.609. The van der Waals surface area contributed by atoms with Crippen molar-refractivity contribution in [1.82, 2.24) is 15.5 Å². The molecule has 7 nitrogen and oxygen atoms in total. The van der Waals surface area contributed by atoms with E-state index in [0.29, 0.717) is 12.2 Å². The molecule has 1 aromatic carbocycles. The van der Waals surface area contributed by atoms with Crippen LogP contribution < -0.4 is 15.4 Å². The van der Waals surface area contributed by atoms with Crippen LogP contribution in [0.2, 0.25) is 0 Å². The Morgan fingerprint density at radius 2 is 1.80 bits per heavy atom. The van der Waals surface area contributed by atoms with Gasteiger partial charge in [0.25, 0.3) is 5.91 Å². The highest BCUT2D eigenvalue weighted by molar-refractivity contribution is 5.86. The molecule has 2 N–H and O–H groups in total. The molecule has 1 heterocycles. The maximum absolute atomic E-state index is 12.4. The summed E-state index contributed by atoms with van der Waals surface area (Å²) in [6.07, 6.45) is 6.74. The van der Waals surface area contributed by atoms with Crippen LogP contribution >= 0.6 is 0 Å². The van der Waals surface area contributed by atoms with Crippen molar-refractivity contribution >= 4 is 17.7 Å². The predicted octanol–water partition coefficient (Wildman–Crippen LogP) is 2.56. The minimum atomic E-state index is -0.251. The summed E-state index contributed by atoms with van der Waals surface area (Å²) in [4.78, 5) is 38.7. The van der Waals surface area contributed by atoms with Crippen molar-refractivity contribution in [2.45, 2.75) is 57.9 Å². The average Bonchev–Trinajstić information content (AvgIpc) is 3.48. The SMILES string of the molecule is CCC(NC(=O)CNC(=O)C1CCCC1)c1ccccc1OCC(=O)N1CCCC1. The minimum absolute atomic E-state index is 0.00115. The smallest absolute Gasteiger partial charge is 0.260 e. The van der Waals surface area contributed by atoms with Gasteiger partial charge in [-0.3, -0.25) is 14.4 Å². The standard InChI is InChI=1S/C23H33N3O4/c1-2-19(25-21(27)15-24-23(29)17-9-3-4-10-17)18-11-5-6-12-20(18)30-16-22(28)26-13-7-8-14-26/h5-6,11-12,17,19H,2-4,7-10,13-16H2,1H3,(H,24,29)(H,25,27). The molecule has 164 valence electrons. The Morgan fingerprint density at radius 3 is 2.50 bits per heavy atom. The van der Waals surface area contributed by atoms with Gasteiger partial charge in [0.05, 0.1) is 12.6 Å². The number of hydrogen-bond acceptors (Lipinski definition) is 4. The molecule has 1 aliphatic heterocycles. The van der Waals surface area contributed by atoms with E-state index in [4.69, 9.17) is 4.74 Å². The van der Waals surface area contributed by atoms with E-state index in [-0.39, 0.29) is 42.8 Å².